The van der Waals surface area contributed by atoms with Gasteiger partial charge in [0.05, 0.1) is 10.6 Å². The van der Waals surface area contributed by atoms with Gasteiger partial charge in [0.2, 0.25) is 0 Å². The first-order chi connectivity index (χ1) is 9.56. The molecule has 0 atom stereocenters. The second-order valence-corrected chi connectivity index (χ2v) is 6.38. The van der Waals surface area contributed by atoms with Gasteiger partial charge in [0, 0.05) is 11.4 Å². The number of rotatable bonds is 4. The van der Waals surface area contributed by atoms with Gasteiger partial charge in [-0.15, -0.1) is 12.6 Å². The Morgan fingerprint density at radius 2 is 2.15 bits per heavy atom. The minimum Gasteiger partial charge on any atom is -0.352 e. The maximum absolute atomic E-state index is 12.1. The van der Waals surface area contributed by atoms with Crippen molar-refractivity contribution in [3.8, 4) is 0 Å². The highest BCUT2D eigenvalue weighted by Crippen LogP contribution is 2.21. The summed E-state index contributed by atoms with van der Waals surface area (Å²) in [4.78, 5) is 15.2. The molecule has 0 bridgehead atoms. The van der Waals surface area contributed by atoms with E-state index in [0.29, 0.717) is 17.1 Å². The Morgan fingerprint density at radius 1 is 1.45 bits per heavy atom. The smallest absolute Gasteiger partial charge is 0.252 e. The van der Waals surface area contributed by atoms with Crippen LogP contribution < -0.4 is 5.32 Å². The molecule has 5 heteroatoms. The molecule has 20 heavy (non-hydrogen) atoms. The molecule has 1 saturated heterocycles. The average molecular weight is 313 g/mol. The highest BCUT2D eigenvalue weighted by Gasteiger charge is 2.17. The fourth-order valence-corrected chi connectivity index (χ4v) is 2.93. The number of amides is 1. The molecule has 1 aliphatic rings. The molecular weight excluding hydrogens is 292 g/mol. The van der Waals surface area contributed by atoms with Gasteiger partial charge in [0.1, 0.15) is 0 Å². The Morgan fingerprint density at radius 3 is 2.85 bits per heavy atom. The van der Waals surface area contributed by atoms with Gasteiger partial charge >= 0.3 is 0 Å². The Bertz CT molecular complexity index is 473. The van der Waals surface area contributed by atoms with Crippen molar-refractivity contribution in [2.24, 2.45) is 5.92 Å². The molecule has 2 rings (SSSR count). The first-order valence-electron chi connectivity index (χ1n) is 7.01. The Kier molecular flexibility index (Phi) is 5.75. The van der Waals surface area contributed by atoms with Crippen LogP contribution in [0.4, 0.5) is 0 Å². The predicted molar refractivity (Wildman–Crippen MR) is 85.9 cm³/mol. The van der Waals surface area contributed by atoms with Crippen molar-refractivity contribution >= 4 is 30.1 Å². The summed E-state index contributed by atoms with van der Waals surface area (Å²) in [7, 11) is 2.16. The Hall–Kier alpha value is -0.710. The molecule has 1 amide bonds. The lowest BCUT2D eigenvalue weighted by Gasteiger charge is -2.28. The largest absolute Gasteiger partial charge is 0.352 e. The molecule has 3 nitrogen and oxygen atoms in total. The second-order valence-electron chi connectivity index (χ2n) is 5.46. The summed E-state index contributed by atoms with van der Waals surface area (Å²) >= 11 is 10.3. The van der Waals surface area contributed by atoms with Crippen molar-refractivity contribution in [1.82, 2.24) is 10.2 Å². The number of carbonyl (C=O) groups excluding carboxylic acids is 1. The van der Waals surface area contributed by atoms with Gasteiger partial charge in [-0.2, -0.15) is 0 Å². The van der Waals surface area contributed by atoms with Crippen LogP contribution in [-0.2, 0) is 0 Å². The van der Waals surface area contributed by atoms with E-state index in [4.69, 9.17) is 11.6 Å². The molecule has 0 aromatic heterocycles. The zero-order valence-corrected chi connectivity index (χ0v) is 13.4. The molecule has 1 aliphatic heterocycles. The van der Waals surface area contributed by atoms with Crippen LogP contribution in [-0.4, -0.2) is 37.5 Å². The third kappa shape index (κ3) is 4.40. The molecule has 0 aliphatic carbocycles. The van der Waals surface area contributed by atoms with Crippen molar-refractivity contribution in [2.75, 3.05) is 26.7 Å². The first kappa shape index (κ1) is 15.7. The molecule has 110 valence electrons. The Labute approximate surface area is 131 Å². The van der Waals surface area contributed by atoms with Gasteiger partial charge in [-0.25, -0.2) is 0 Å². The van der Waals surface area contributed by atoms with E-state index in [1.165, 1.54) is 12.8 Å². The van der Waals surface area contributed by atoms with E-state index < -0.39 is 0 Å². The van der Waals surface area contributed by atoms with Gasteiger partial charge < -0.3 is 10.2 Å². The number of carbonyl (C=O) groups is 1. The molecule has 0 saturated carbocycles. The number of halogens is 1. The predicted octanol–water partition coefficient (Wildman–Crippen LogP) is 3.09. The maximum atomic E-state index is 12.1. The molecule has 1 heterocycles. The summed E-state index contributed by atoms with van der Waals surface area (Å²) in [6, 6.07) is 5.19. The first-order valence-corrected chi connectivity index (χ1v) is 7.84. The number of thiol groups is 1. The number of hydrogen-bond donors (Lipinski definition) is 2. The zero-order chi connectivity index (χ0) is 14.5. The summed E-state index contributed by atoms with van der Waals surface area (Å²) in [5.74, 6) is 0.608. The van der Waals surface area contributed by atoms with E-state index in [1.54, 1.807) is 18.2 Å². The second kappa shape index (κ2) is 7.34. The highest BCUT2D eigenvalue weighted by atomic mass is 35.5. The van der Waals surface area contributed by atoms with E-state index >= 15 is 0 Å². The van der Waals surface area contributed by atoms with Crippen LogP contribution in [0.2, 0.25) is 5.02 Å². The van der Waals surface area contributed by atoms with Crippen LogP contribution in [0.25, 0.3) is 0 Å². The molecule has 0 spiro atoms. The molecule has 1 fully saturated rings. The number of nitrogens with one attached hydrogen (secondary N) is 1. The summed E-state index contributed by atoms with van der Waals surface area (Å²) in [6.45, 7) is 3.03. The van der Waals surface area contributed by atoms with Crippen molar-refractivity contribution < 1.29 is 4.79 Å². The topological polar surface area (TPSA) is 32.3 Å². The monoisotopic (exact) mass is 312 g/mol. The fraction of sp³-hybridized carbons (Fsp3) is 0.533. The maximum Gasteiger partial charge on any atom is 0.252 e. The van der Waals surface area contributed by atoms with Crippen LogP contribution in [0, 0.1) is 5.92 Å². The van der Waals surface area contributed by atoms with Crippen molar-refractivity contribution in [2.45, 2.75) is 24.2 Å². The van der Waals surface area contributed by atoms with Gasteiger partial charge in [-0.05, 0) is 63.5 Å². The number of likely N-dealkylation sites (tertiary alicyclic amines) is 1. The molecule has 1 aromatic carbocycles. The standard InChI is InChI=1S/C15H21ClN2OS/c1-18-8-5-11(6-9-18)4-7-17-15(19)13-10-12(20)2-3-14(13)16/h2-3,10-11,20H,4-9H2,1H3,(H,17,19). The summed E-state index contributed by atoms with van der Waals surface area (Å²) in [6.07, 6.45) is 3.48. The van der Waals surface area contributed by atoms with Gasteiger partial charge in [-0.3, -0.25) is 4.79 Å². The SMILES string of the molecule is CN1CCC(CCNC(=O)c2cc(S)ccc2Cl)CC1. The van der Waals surface area contributed by atoms with Gasteiger partial charge in [0.25, 0.3) is 5.91 Å². The lowest BCUT2D eigenvalue weighted by molar-refractivity contribution is 0.0949. The van der Waals surface area contributed by atoms with Crippen LogP contribution in [0.15, 0.2) is 23.1 Å². The quantitative estimate of drug-likeness (QED) is 0.837. The number of benzene rings is 1. The van der Waals surface area contributed by atoms with Crippen molar-refractivity contribution in [3.63, 3.8) is 0 Å². The van der Waals surface area contributed by atoms with E-state index in [0.717, 1.165) is 30.3 Å². The van der Waals surface area contributed by atoms with Crippen molar-refractivity contribution in [3.05, 3.63) is 28.8 Å². The van der Waals surface area contributed by atoms with E-state index in [-0.39, 0.29) is 5.91 Å². The van der Waals surface area contributed by atoms with Gasteiger partial charge in [-0.1, -0.05) is 11.6 Å². The van der Waals surface area contributed by atoms with Gasteiger partial charge in [0.15, 0.2) is 0 Å². The lowest BCUT2D eigenvalue weighted by atomic mass is 9.94. The van der Waals surface area contributed by atoms with Crippen molar-refractivity contribution in [1.29, 1.82) is 0 Å². The highest BCUT2D eigenvalue weighted by molar-refractivity contribution is 7.80. The number of nitrogens with zero attached hydrogens (tertiary/aromatic N) is 1. The summed E-state index contributed by atoms with van der Waals surface area (Å²) in [5.41, 5.74) is 0.502. The summed E-state index contributed by atoms with van der Waals surface area (Å²) < 4.78 is 0. The zero-order valence-electron chi connectivity index (χ0n) is 11.7. The minimum atomic E-state index is -0.112. The van der Waals surface area contributed by atoms with Crippen LogP contribution in [0.3, 0.4) is 0 Å². The molecule has 1 aromatic rings. The van der Waals surface area contributed by atoms with Crippen LogP contribution >= 0.6 is 24.2 Å². The average Bonchev–Trinajstić information content (AvgIpc) is 2.43. The molecule has 1 N–H and O–H groups in total. The number of hydrogen-bond acceptors (Lipinski definition) is 3. The summed E-state index contributed by atoms with van der Waals surface area (Å²) in [5, 5.41) is 3.43. The minimum absolute atomic E-state index is 0.112. The van der Waals surface area contributed by atoms with E-state index in [1.807, 2.05) is 0 Å². The lowest BCUT2D eigenvalue weighted by Crippen LogP contribution is -2.32. The molecule has 0 unspecified atom stereocenters. The Balaban J connectivity index is 1.79. The van der Waals surface area contributed by atoms with E-state index in [9.17, 15) is 4.79 Å². The van der Waals surface area contributed by atoms with Crippen LogP contribution in [0.1, 0.15) is 29.6 Å². The molecule has 0 radical (unpaired) electrons. The van der Waals surface area contributed by atoms with E-state index in [2.05, 4.69) is 29.9 Å². The third-order valence-corrected chi connectivity index (χ3v) is 4.48. The number of piperidine rings is 1. The third-order valence-electron chi connectivity index (χ3n) is 3.87. The van der Waals surface area contributed by atoms with Crippen LogP contribution in [0.5, 0.6) is 0 Å². The molecular formula is C15H21ClN2OS. The normalized spacial score (nSPS) is 17.1. The fourth-order valence-electron chi connectivity index (χ4n) is 2.52.